The summed E-state index contributed by atoms with van der Waals surface area (Å²) < 4.78 is 5.96. The van der Waals surface area contributed by atoms with E-state index in [4.69, 9.17) is 4.74 Å². The van der Waals surface area contributed by atoms with Crippen molar-refractivity contribution < 1.29 is 4.74 Å². The van der Waals surface area contributed by atoms with Gasteiger partial charge in [0, 0.05) is 43.7 Å². The van der Waals surface area contributed by atoms with Gasteiger partial charge in [-0.2, -0.15) is 0 Å². The van der Waals surface area contributed by atoms with Gasteiger partial charge in [0.2, 0.25) is 5.88 Å². The van der Waals surface area contributed by atoms with Crippen molar-refractivity contribution in [3.63, 3.8) is 0 Å². The molecular weight excluding hydrogens is 382 g/mol. The first-order chi connectivity index (χ1) is 15.3. The van der Waals surface area contributed by atoms with E-state index in [0.717, 1.165) is 30.8 Å². The molecular formula is C27H27N3O. The van der Waals surface area contributed by atoms with Gasteiger partial charge in [-0.15, -0.1) is 0 Å². The number of pyridine rings is 2. The van der Waals surface area contributed by atoms with Crippen LogP contribution in [0, 0.1) is 6.92 Å². The molecule has 0 amide bonds. The lowest BCUT2D eigenvalue weighted by atomic mass is 9.97. The minimum atomic E-state index is 0.501. The van der Waals surface area contributed by atoms with Gasteiger partial charge in [-0.1, -0.05) is 60.7 Å². The number of aromatic nitrogens is 2. The third kappa shape index (κ3) is 5.77. The summed E-state index contributed by atoms with van der Waals surface area (Å²) in [6.45, 7) is 4.31. The van der Waals surface area contributed by atoms with Crippen LogP contribution in [0.5, 0.6) is 5.88 Å². The van der Waals surface area contributed by atoms with Gasteiger partial charge in [0.15, 0.2) is 0 Å². The van der Waals surface area contributed by atoms with E-state index in [1.54, 1.807) is 0 Å². The predicted molar refractivity (Wildman–Crippen MR) is 125 cm³/mol. The highest BCUT2D eigenvalue weighted by Gasteiger charge is 2.07. The van der Waals surface area contributed by atoms with Crippen molar-refractivity contribution in [2.75, 3.05) is 6.54 Å². The molecule has 0 saturated carbocycles. The van der Waals surface area contributed by atoms with Gasteiger partial charge in [-0.3, -0.25) is 4.98 Å². The van der Waals surface area contributed by atoms with Crippen LogP contribution in [0.2, 0.25) is 0 Å². The van der Waals surface area contributed by atoms with Crippen molar-refractivity contribution in [1.82, 2.24) is 15.3 Å². The second-order valence-corrected chi connectivity index (χ2v) is 7.50. The Bertz CT molecular complexity index is 1080. The summed E-state index contributed by atoms with van der Waals surface area (Å²) in [4.78, 5) is 8.81. The van der Waals surface area contributed by atoms with Crippen LogP contribution < -0.4 is 10.1 Å². The Morgan fingerprint density at radius 3 is 2.48 bits per heavy atom. The topological polar surface area (TPSA) is 47.0 Å². The fraction of sp³-hybridized carbons (Fsp3) is 0.185. The van der Waals surface area contributed by atoms with Crippen LogP contribution in [0.1, 0.15) is 22.4 Å². The average molecular weight is 410 g/mol. The molecule has 0 unspecified atom stereocenters. The average Bonchev–Trinajstić information content (AvgIpc) is 2.83. The first-order valence-electron chi connectivity index (χ1n) is 10.6. The molecule has 4 rings (SSSR count). The van der Waals surface area contributed by atoms with Gasteiger partial charge < -0.3 is 10.1 Å². The highest BCUT2D eigenvalue weighted by molar-refractivity contribution is 5.68. The van der Waals surface area contributed by atoms with Gasteiger partial charge in [0.05, 0.1) is 0 Å². The molecule has 0 aliphatic carbocycles. The van der Waals surface area contributed by atoms with Gasteiger partial charge >= 0.3 is 0 Å². The lowest BCUT2D eigenvalue weighted by molar-refractivity contribution is 0.293. The highest BCUT2D eigenvalue weighted by Crippen LogP contribution is 2.26. The molecule has 0 atom stereocenters. The molecule has 4 nitrogen and oxygen atoms in total. The molecule has 0 fully saturated rings. The van der Waals surface area contributed by atoms with Crippen LogP contribution in [-0.4, -0.2) is 16.5 Å². The fourth-order valence-corrected chi connectivity index (χ4v) is 3.52. The maximum atomic E-state index is 5.96. The van der Waals surface area contributed by atoms with Crippen LogP contribution >= 0.6 is 0 Å². The minimum absolute atomic E-state index is 0.501. The molecule has 31 heavy (non-hydrogen) atoms. The number of rotatable bonds is 9. The summed E-state index contributed by atoms with van der Waals surface area (Å²) in [6.07, 6.45) is 4.62. The number of ether oxygens (including phenoxy) is 1. The summed E-state index contributed by atoms with van der Waals surface area (Å²) >= 11 is 0. The standard InChI is InChI=1S/C27H27N3O/c1-21-24(10-7-12-26(21)23-8-3-2-4-9-23)20-31-27-14-13-22(19-30-27)18-28-17-15-25-11-5-6-16-29-25/h2-14,16,19,28H,15,17-18,20H2,1H3. The zero-order valence-corrected chi connectivity index (χ0v) is 17.8. The Morgan fingerprint density at radius 2 is 1.71 bits per heavy atom. The van der Waals surface area contributed by atoms with Crippen LogP contribution in [0.4, 0.5) is 0 Å². The lowest BCUT2D eigenvalue weighted by Crippen LogP contribution is -2.17. The molecule has 4 heteroatoms. The number of benzene rings is 2. The monoisotopic (exact) mass is 409 g/mol. The molecule has 0 saturated heterocycles. The second-order valence-electron chi connectivity index (χ2n) is 7.50. The first kappa shape index (κ1) is 20.8. The molecule has 2 heterocycles. The normalized spacial score (nSPS) is 10.7. The third-order valence-corrected chi connectivity index (χ3v) is 5.32. The summed E-state index contributed by atoms with van der Waals surface area (Å²) in [5, 5.41) is 3.44. The van der Waals surface area contributed by atoms with E-state index in [-0.39, 0.29) is 0 Å². The number of hydrogen-bond donors (Lipinski definition) is 1. The molecule has 2 aromatic carbocycles. The molecule has 0 radical (unpaired) electrons. The zero-order valence-electron chi connectivity index (χ0n) is 17.8. The Kier molecular flexibility index (Phi) is 7.04. The third-order valence-electron chi connectivity index (χ3n) is 5.32. The van der Waals surface area contributed by atoms with Crippen molar-refractivity contribution >= 4 is 0 Å². The fourth-order valence-electron chi connectivity index (χ4n) is 3.52. The summed E-state index contributed by atoms with van der Waals surface area (Å²) in [7, 11) is 0. The van der Waals surface area contributed by atoms with Crippen LogP contribution in [-0.2, 0) is 19.6 Å². The SMILES string of the molecule is Cc1c(COc2ccc(CNCCc3ccccn3)cn2)cccc1-c1ccccc1. The molecule has 0 aliphatic rings. The molecule has 2 aromatic heterocycles. The molecule has 156 valence electrons. The Balaban J connectivity index is 1.29. The van der Waals surface area contributed by atoms with E-state index < -0.39 is 0 Å². The Labute approximate surface area is 184 Å². The van der Waals surface area contributed by atoms with Crippen molar-refractivity contribution in [3.05, 3.63) is 114 Å². The quantitative estimate of drug-likeness (QED) is 0.378. The smallest absolute Gasteiger partial charge is 0.213 e. The van der Waals surface area contributed by atoms with Crippen LogP contribution in [0.15, 0.2) is 91.3 Å². The predicted octanol–water partition coefficient (Wildman–Crippen LogP) is 5.36. The van der Waals surface area contributed by atoms with E-state index in [1.807, 2.05) is 42.7 Å². The van der Waals surface area contributed by atoms with E-state index in [9.17, 15) is 0 Å². The maximum absolute atomic E-state index is 5.96. The van der Waals surface area contributed by atoms with Crippen LogP contribution in [0.3, 0.4) is 0 Å². The molecule has 4 aromatic rings. The zero-order chi connectivity index (χ0) is 21.3. The number of hydrogen-bond acceptors (Lipinski definition) is 4. The van der Waals surface area contributed by atoms with Crippen molar-refractivity contribution in [2.45, 2.75) is 26.5 Å². The van der Waals surface area contributed by atoms with E-state index in [1.165, 1.54) is 22.3 Å². The molecule has 0 aliphatic heterocycles. The Morgan fingerprint density at radius 1 is 0.839 bits per heavy atom. The molecule has 0 bridgehead atoms. The summed E-state index contributed by atoms with van der Waals surface area (Å²) in [5.41, 5.74) is 7.10. The van der Waals surface area contributed by atoms with Crippen molar-refractivity contribution in [2.24, 2.45) is 0 Å². The van der Waals surface area contributed by atoms with Crippen molar-refractivity contribution in [1.29, 1.82) is 0 Å². The second kappa shape index (κ2) is 10.5. The largest absolute Gasteiger partial charge is 0.473 e. The minimum Gasteiger partial charge on any atom is -0.473 e. The lowest BCUT2D eigenvalue weighted by Gasteiger charge is -2.13. The number of nitrogens with one attached hydrogen (secondary N) is 1. The first-order valence-corrected chi connectivity index (χ1v) is 10.6. The van der Waals surface area contributed by atoms with Gasteiger partial charge in [-0.25, -0.2) is 4.98 Å². The Hall–Kier alpha value is -3.50. The molecule has 0 spiro atoms. The van der Waals surface area contributed by atoms with Crippen molar-refractivity contribution in [3.8, 4) is 17.0 Å². The van der Waals surface area contributed by atoms with E-state index in [0.29, 0.717) is 12.5 Å². The summed E-state index contributed by atoms with van der Waals surface area (Å²) in [6, 6.07) is 26.8. The highest BCUT2D eigenvalue weighted by atomic mass is 16.5. The molecule has 1 N–H and O–H groups in total. The summed E-state index contributed by atoms with van der Waals surface area (Å²) in [5.74, 6) is 0.641. The number of nitrogens with zero attached hydrogens (tertiary/aromatic N) is 2. The van der Waals surface area contributed by atoms with E-state index >= 15 is 0 Å². The van der Waals surface area contributed by atoms with E-state index in [2.05, 4.69) is 70.7 Å². The van der Waals surface area contributed by atoms with Crippen LogP contribution in [0.25, 0.3) is 11.1 Å². The van der Waals surface area contributed by atoms with Gasteiger partial charge in [0.25, 0.3) is 0 Å². The maximum Gasteiger partial charge on any atom is 0.213 e. The van der Waals surface area contributed by atoms with Gasteiger partial charge in [-0.05, 0) is 46.9 Å². The van der Waals surface area contributed by atoms with Gasteiger partial charge in [0.1, 0.15) is 6.61 Å².